The van der Waals surface area contributed by atoms with Gasteiger partial charge in [-0.2, -0.15) is 0 Å². The molecule has 0 bridgehead atoms. The van der Waals surface area contributed by atoms with Gasteiger partial charge in [-0.1, -0.05) is 50.6 Å². The zero-order valence-electron chi connectivity index (χ0n) is 24.7. The number of amides is 2. The Balaban J connectivity index is 1.66. The van der Waals surface area contributed by atoms with Gasteiger partial charge >= 0.3 is 0 Å². The molecule has 43 heavy (non-hydrogen) atoms. The van der Waals surface area contributed by atoms with E-state index in [2.05, 4.69) is 21.9 Å². The summed E-state index contributed by atoms with van der Waals surface area (Å²) in [4.78, 5) is 37.6. The minimum absolute atomic E-state index is 0.0411. The van der Waals surface area contributed by atoms with Crippen molar-refractivity contribution in [2.75, 3.05) is 31.9 Å². The monoisotopic (exact) mass is 638 g/mol. The number of nitrogens with zero attached hydrogens (tertiary/aromatic N) is 5. The van der Waals surface area contributed by atoms with E-state index < -0.39 is 12.3 Å². The first kappa shape index (κ1) is 32.7. The molecule has 1 aromatic carbocycles. The van der Waals surface area contributed by atoms with Crippen molar-refractivity contribution in [1.29, 1.82) is 0 Å². The zero-order valence-corrected chi connectivity index (χ0v) is 26.2. The van der Waals surface area contributed by atoms with Gasteiger partial charge in [0.05, 0.1) is 19.1 Å². The van der Waals surface area contributed by atoms with Crippen LogP contribution in [0.5, 0.6) is 0 Å². The van der Waals surface area contributed by atoms with Gasteiger partial charge in [0.1, 0.15) is 17.4 Å². The van der Waals surface area contributed by atoms with Crippen LogP contribution in [-0.2, 0) is 16.8 Å². The number of hydrogen-bond donors (Lipinski definition) is 3. The summed E-state index contributed by atoms with van der Waals surface area (Å²) in [6.07, 6.45) is -0.784. The van der Waals surface area contributed by atoms with Crippen LogP contribution in [0.1, 0.15) is 67.6 Å². The van der Waals surface area contributed by atoms with Crippen molar-refractivity contribution in [1.82, 2.24) is 24.7 Å². The number of nitrogen functional groups attached to an aromatic ring is 1. The molecule has 2 atom stereocenters. The highest BCUT2D eigenvalue weighted by atomic mass is 35.5. The minimum atomic E-state index is -2.50. The SMILES string of the molecule is C=CC(=O)N1CC(NC(=O)c2c(Cl)nc(CN=C(N)c3cc(C(C)(C)C)c(Cl)cc3N)n2[C@@H]2C[C@@H](C)N(CC(F)F)C2)C1. The van der Waals surface area contributed by atoms with E-state index in [0.717, 1.165) is 5.56 Å². The molecule has 2 fully saturated rings. The number of anilines is 1. The fraction of sp³-hybridized carbons (Fsp3) is 0.517. The summed E-state index contributed by atoms with van der Waals surface area (Å²) in [6, 6.07) is 2.65. The summed E-state index contributed by atoms with van der Waals surface area (Å²) < 4.78 is 28.3. The molecule has 2 aliphatic heterocycles. The second-order valence-corrected chi connectivity index (χ2v) is 12.9. The Morgan fingerprint density at radius 3 is 2.53 bits per heavy atom. The fourth-order valence-corrected chi connectivity index (χ4v) is 6.33. The maximum absolute atomic E-state index is 13.5. The van der Waals surface area contributed by atoms with Gasteiger partial charge in [-0.3, -0.25) is 19.5 Å². The molecule has 0 aliphatic carbocycles. The number of nitrogens with two attached hydrogens (primary N) is 2. The third-order valence-electron chi connectivity index (χ3n) is 7.89. The summed E-state index contributed by atoms with van der Waals surface area (Å²) in [5.41, 5.74) is 14.2. The standard InChI is InChI=1S/C29H38Cl2F2N8O2/c1-6-24(42)40-11-16(12-40)37-28(43)25-26(31)38-23(41(25)17-7-15(2)39(13-17)14-22(32)33)10-36-27(35)18-8-19(29(3,4)5)20(30)9-21(18)34/h6,8-9,15-17,22H,1,7,10-14,34H2,2-5H3,(H2,35,36)(H,37,43)/t15-,17-/m1/s1. The van der Waals surface area contributed by atoms with Crippen molar-refractivity contribution in [2.45, 2.75) is 70.6 Å². The van der Waals surface area contributed by atoms with Crippen LogP contribution in [-0.4, -0.2) is 81.7 Å². The molecular formula is C29H38Cl2F2N8O2. The molecule has 0 saturated carbocycles. The number of carbonyl (C=O) groups is 2. The van der Waals surface area contributed by atoms with E-state index in [-0.39, 0.29) is 65.8 Å². The third kappa shape index (κ3) is 7.13. The number of nitrogens with one attached hydrogen (secondary N) is 1. The van der Waals surface area contributed by atoms with Crippen LogP contribution in [0.2, 0.25) is 10.2 Å². The van der Waals surface area contributed by atoms with Gasteiger partial charge in [-0.05, 0) is 42.5 Å². The number of benzene rings is 1. The van der Waals surface area contributed by atoms with Crippen LogP contribution < -0.4 is 16.8 Å². The summed E-state index contributed by atoms with van der Waals surface area (Å²) in [6.45, 7) is 11.9. The van der Waals surface area contributed by atoms with E-state index in [0.29, 0.717) is 41.6 Å². The molecule has 1 aromatic heterocycles. The molecular weight excluding hydrogens is 601 g/mol. The normalized spacial score (nSPS) is 20.0. The number of imidazole rings is 1. The number of likely N-dealkylation sites (tertiary alicyclic amines) is 2. The summed E-state index contributed by atoms with van der Waals surface area (Å²) in [5, 5.41) is 3.38. The summed E-state index contributed by atoms with van der Waals surface area (Å²) in [7, 11) is 0. The number of aromatic nitrogens is 2. The first-order chi connectivity index (χ1) is 20.1. The summed E-state index contributed by atoms with van der Waals surface area (Å²) >= 11 is 13.0. The Kier molecular flexibility index (Phi) is 9.72. The molecule has 3 heterocycles. The van der Waals surface area contributed by atoms with Gasteiger partial charge in [-0.25, -0.2) is 13.8 Å². The topological polar surface area (TPSA) is 135 Å². The highest BCUT2D eigenvalue weighted by Gasteiger charge is 2.38. The van der Waals surface area contributed by atoms with Gasteiger partial charge in [0.2, 0.25) is 5.91 Å². The van der Waals surface area contributed by atoms with Crippen molar-refractivity contribution >= 4 is 46.5 Å². The number of halogens is 4. The second-order valence-electron chi connectivity index (χ2n) is 12.1. The number of amidine groups is 1. The van der Waals surface area contributed by atoms with Gasteiger partial charge in [0, 0.05) is 48.0 Å². The smallest absolute Gasteiger partial charge is 0.271 e. The van der Waals surface area contributed by atoms with Crippen LogP contribution in [0.25, 0.3) is 0 Å². The van der Waals surface area contributed by atoms with Crippen molar-refractivity contribution in [3.8, 4) is 0 Å². The quantitative estimate of drug-likeness (QED) is 0.164. The number of aliphatic imine (C=N–C) groups is 1. The highest BCUT2D eigenvalue weighted by molar-refractivity contribution is 6.32. The lowest BCUT2D eigenvalue weighted by Gasteiger charge is -2.39. The van der Waals surface area contributed by atoms with Crippen molar-refractivity contribution < 1.29 is 18.4 Å². The van der Waals surface area contributed by atoms with Crippen molar-refractivity contribution in [3.63, 3.8) is 0 Å². The average Bonchev–Trinajstić information content (AvgIpc) is 3.41. The van der Waals surface area contributed by atoms with E-state index in [1.165, 1.54) is 6.08 Å². The molecule has 5 N–H and O–H groups in total. The molecule has 2 amide bonds. The van der Waals surface area contributed by atoms with E-state index in [4.69, 9.17) is 34.7 Å². The Morgan fingerprint density at radius 1 is 1.26 bits per heavy atom. The van der Waals surface area contributed by atoms with E-state index in [1.807, 2.05) is 33.8 Å². The van der Waals surface area contributed by atoms with E-state index in [9.17, 15) is 18.4 Å². The Hall–Kier alpha value is -3.22. The lowest BCUT2D eigenvalue weighted by Crippen LogP contribution is -2.60. The average molecular weight is 640 g/mol. The predicted molar refractivity (Wildman–Crippen MR) is 165 cm³/mol. The van der Waals surface area contributed by atoms with Crippen molar-refractivity contribution in [2.24, 2.45) is 10.7 Å². The molecule has 2 aliphatic rings. The Labute approximate surface area is 260 Å². The van der Waals surface area contributed by atoms with Crippen LogP contribution in [0.3, 0.4) is 0 Å². The number of hydrogen-bond acceptors (Lipinski definition) is 6. The molecule has 234 valence electrons. The maximum Gasteiger partial charge on any atom is 0.271 e. The first-order valence-electron chi connectivity index (χ1n) is 14.0. The van der Waals surface area contributed by atoms with Gasteiger partial charge < -0.3 is 26.3 Å². The van der Waals surface area contributed by atoms with Crippen LogP contribution >= 0.6 is 23.2 Å². The van der Waals surface area contributed by atoms with Gasteiger partial charge in [-0.15, -0.1) is 0 Å². The van der Waals surface area contributed by atoms with Crippen molar-refractivity contribution in [3.05, 3.63) is 57.6 Å². The molecule has 0 unspecified atom stereocenters. The van der Waals surface area contributed by atoms with E-state index >= 15 is 0 Å². The molecule has 14 heteroatoms. The lowest BCUT2D eigenvalue weighted by molar-refractivity contribution is -0.130. The number of carbonyl (C=O) groups excluding carboxylic acids is 2. The Bertz CT molecular complexity index is 1430. The lowest BCUT2D eigenvalue weighted by atomic mass is 9.85. The number of alkyl halides is 2. The van der Waals surface area contributed by atoms with E-state index in [1.54, 1.807) is 20.4 Å². The molecule has 10 nitrogen and oxygen atoms in total. The molecule has 2 aromatic rings. The van der Waals surface area contributed by atoms with Gasteiger partial charge in [0.25, 0.3) is 12.3 Å². The first-order valence-corrected chi connectivity index (χ1v) is 14.8. The largest absolute Gasteiger partial charge is 0.398 e. The second kappa shape index (κ2) is 12.8. The highest BCUT2D eigenvalue weighted by Crippen LogP contribution is 2.34. The fourth-order valence-electron chi connectivity index (χ4n) is 5.60. The molecule has 4 rings (SSSR count). The minimum Gasteiger partial charge on any atom is -0.398 e. The number of rotatable bonds is 9. The zero-order chi connectivity index (χ0) is 31.8. The molecule has 2 saturated heterocycles. The Morgan fingerprint density at radius 2 is 1.93 bits per heavy atom. The third-order valence-corrected chi connectivity index (χ3v) is 8.47. The maximum atomic E-state index is 13.5. The summed E-state index contributed by atoms with van der Waals surface area (Å²) in [5.74, 6) is -0.193. The molecule has 0 spiro atoms. The molecule has 0 radical (unpaired) electrons. The predicted octanol–water partition coefficient (Wildman–Crippen LogP) is 4.00. The van der Waals surface area contributed by atoms with Gasteiger partial charge in [0.15, 0.2) is 5.15 Å². The van der Waals surface area contributed by atoms with Crippen LogP contribution in [0, 0.1) is 0 Å². The van der Waals surface area contributed by atoms with Crippen LogP contribution in [0.4, 0.5) is 14.5 Å². The van der Waals surface area contributed by atoms with Crippen LogP contribution in [0.15, 0.2) is 29.8 Å².